The Balaban J connectivity index is 0.00000289. The predicted molar refractivity (Wildman–Crippen MR) is 141 cm³/mol. The summed E-state index contributed by atoms with van der Waals surface area (Å²) in [6, 6.07) is 14.8. The first-order valence-electron chi connectivity index (χ1n) is 11.0. The number of hydrogen-bond donors (Lipinski definition) is 2. The van der Waals surface area contributed by atoms with Crippen LogP contribution in [0.1, 0.15) is 22.7 Å². The van der Waals surface area contributed by atoms with Gasteiger partial charge in [0.1, 0.15) is 5.75 Å². The van der Waals surface area contributed by atoms with Crippen LogP contribution in [0.2, 0.25) is 5.02 Å². The monoisotopic (exact) mass is 570 g/mol. The van der Waals surface area contributed by atoms with Crippen molar-refractivity contribution < 1.29 is 9.47 Å². The Morgan fingerprint density at radius 3 is 2.75 bits per heavy atom. The van der Waals surface area contributed by atoms with E-state index in [0.29, 0.717) is 0 Å². The Bertz CT molecular complexity index is 905. The number of benzene rings is 2. The smallest absolute Gasteiger partial charge is 0.191 e. The van der Waals surface area contributed by atoms with Crippen LogP contribution in [0.5, 0.6) is 5.75 Å². The molecule has 4 rings (SSSR count). The predicted octanol–water partition coefficient (Wildman–Crippen LogP) is 3.67. The SMILES string of the molecule is CN=C(NCCc1ccc2c(c1)CCO2)NCC(c1cccc(Cl)c1)N1CCOCC1.I. The summed E-state index contributed by atoms with van der Waals surface area (Å²) in [5, 5.41) is 7.71. The van der Waals surface area contributed by atoms with Crippen molar-refractivity contribution in [1.82, 2.24) is 15.5 Å². The third kappa shape index (κ3) is 6.73. The van der Waals surface area contributed by atoms with Crippen molar-refractivity contribution in [3.05, 3.63) is 64.2 Å². The third-order valence-corrected chi connectivity index (χ3v) is 6.10. The zero-order chi connectivity index (χ0) is 21.5. The number of ether oxygens (including phenoxy) is 2. The van der Waals surface area contributed by atoms with Crippen LogP contribution in [0.3, 0.4) is 0 Å². The van der Waals surface area contributed by atoms with Gasteiger partial charge in [-0.1, -0.05) is 35.9 Å². The van der Waals surface area contributed by atoms with E-state index in [1.165, 1.54) is 16.7 Å². The minimum absolute atomic E-state index is 0. The number of nitrogens with one attached hydrogen (secondary N) is 2. The van der Waals surface area contributed by atoms with Crippen LogP contribution < -0.4 is 15.4 Å². The van der Waals surface area contributed by atoms with Gasteiger partial charge in [-0.25, -0.2) is 0 Å². The van der Waals surface area contributed by atoms with E-state index in [1.54, 1.807) is 0 Å². The van der Waals surface area contributed by atoms with Crippen molar-refractivity contribution in [2.75, 3.05) is 53.0 Å². The lowest BCUT2D eigenvalue weighted by Crippen LogP contribution is -2.46. The molecule has 2 N–H and O–H groups in total. The van der Waals surface area contributed by atoms with Gasteiger partial charge in [-0.3, -0.25) is 9.89 Å². The molecule has 1 atom stereocenters. The van der Waals surface area contributed by atoms with Crippen LogP contribution in [0.4, 0.5) is 0 Å². The second-order valence-corrected chi connectivity index (χ2v) is 8.33. The van der Waals surface area contributed by atoms with E-state index < -0.39 is 0 Å². The van der Waals surface area contributed by atoms with E-state index in [1.807, 2.05) is 19.2 Å². The van der Waals surface area contributed by atoms with Crippen molar-refractivity contribution >= 4 is 41.5 Å². The zero-order valence-corrected chi connectivity index (χ0v) is 21.6. The first-order valence-corrected chi connectivity index (χ1v) is 11.4. The number of fused-ring (bicyclic) bond motifs is 1. The highest BCUT2D eigenvalue weighted by molar-refractivity contribution is 14.0. The highest BCUT2D eigenvalue weighted by atomic mass is 127. The normalized spacial score (nSPS) is 17.1. The highest BCUT2D eigenvalue weighted by Gasteiger charge is 2.23. The van der Waals surface area contributed by atoms with E-state index in [4.69, 9.17) is 21.1 Å². The number of morpholine rings is 1. The Labute approximate surface area is 212 Å². The summed E-state index contributed by atoms with van der Waals surface area (Å²) in [4.78, 5) is 6.86. The van der Waals surface area contributed by atoms with Crippen LogP contribution in [-0.2, 0) is 17.6 Å². The van der Waals surface area contributed by atoms with Crippen LogP contribution in [0.25, 0.3) is 0 Å². The van der Waals surface area contributed by atoms with Gasteiger partial charge in [0.2, 0.25) is 0 Å². The summed E-state index contributed by atoms with van der Waals surface area (Å²) in [5.74, 6) is 1.84. The fourth-order valence-corrected chi connectivity index (χ4v) is 4.39. The minimum Gasteiger partial charge on any atom is -0.493 e. The summed E-state index contributed by atoms with van der Waals surface area (Å²) < 4.78 is 11.1. The van der Waals surface area contributed by atoms with Crippen LogP contribution >= 0.6 is 35.6 Å². The molecule has 8 heteroatoms. The average molecular weight is 571 g/mol. The van der Waals surface area contributed by atoms with Crippen molar-refractivity contribution in [1.29, 1.82) is 0 Å². The van der Waals surface area contributed by atoms with E-state index in [2.05, 4.69) is 50.9 Å². The van der Waals surface area contributed by atoms with Gasteiger partial charge >= 0.3 is 0 Å². The Hall–Kier alpha value is -1.55. The first kappa shape index (κ1) is 25.1. The Morgan fingerprint density at radius 2 is 1.97 bits per heavy atom. The molecule has 0 spiro atoms. The zero-order valence-electron chi connectivity index (χ0n) is 18.5. The lowest BCUT2D eigenvalue weighted by atomic mass is 10.0. The summed E-state index contributed by atoms with van der Waals surface area (Å²) in [6.45, 7) is 5.70. The van der Waals surface area contributed by atoms with Gasteiger partial charge in [-0.2, -0.15) is 0 Å². The number of hydrogen-bond acceptors (Lipinski definition) is 4. The molecule has 32 heavy (non-hydrogen) atoms. The van der Waals surface area contributed by atoms with E-state index >= 15 is 0 Å². The quantitative estimate of drug-likeness (QED) is 0.302. The van der Waals surface area contributed by atoms with E-state index in [9.17, 15) is 0 Å². The minimum atomic E-state index is 0. The lowest BCUT2D eigenvalue weighted by Gasteiger charge is -2.35. The molecule has 0 bridgehead atoms. The fraction of sp³-hybridized carbons (Fsp3) is 0.458. The molecule has 2 aliphatic heterocycles. The number of nitrogens with zero attached hydrogens (tertiary/aromatic N) is 2. The third-order valence-electron chi connectivity index (χ3n) is 5.87. The van der Waals surface area contributed by atoms with Crippen LogP contribution in [0, 0.1) is 0 Å². The molecule has 2 aromatic carbocycles. The Kier molecular flexibility index (Phi) is 9.90. The molecule has 0 radical (unpaired) electrons. The molecule has 1 unspecified atom stereocenters. The molecule has 1 fully saturated rings. The van der Waals surface area contributed by atoms with Crippen molar-refractivity contribution in [3.8, 4) is 5.75 Å². The van der Waals surface area contributed by atoms with Gasteiger partial charge < -0.3 is 20.1 Å². The summed E-state index contributed by atoms with van der Waals surface area (Å²) in [5.41, 5.74) is 3.84. The molecule has 0 saturated carbocycles. The molecule has 1 saturated heterocycles. The standard InChI is InChI=1S/C24H31ClN4O2.HI/c1-26-24(27-9-7-18-5-6-23-20(15-18)8-12-31-23)28-17-22(29-10-13-30-14-11-29)19-3-2-4-21(25)16-19;/h2-6,15-16,22H,7-14,17H2,1H3,(H2,26,27,28);1H. The van der Waals surface area contributed by atoms with E-state index in [-0.39, 0.29) is 30.0 Å². The van der Waals surface area contributed by atoms with Gasteiger partial charge in [-0.05, 0) is 41.3 Å². The maximum Gasteiger partial charge on any atom is 0.191 e. The molecule has 2 heterocycles. The van der Waals surface area contributed by atoms with Gasteiger partial charge in [0.25, 0.3) is 0 Å². The van der Waals surface area contributed by atoms with Gasteiger partial charge in [0, 0.05) is 44.7 Å². The molecule has 2 aliphatic rings. The number of guanidine groups is 1. The van der Waals surface area contributed by atoms with Gasteiger partial charge in [0.05, 0.1) is 25.9 Å². The number of halogens is 2. The number of rotatable bonds is 7. The molecule has 0 aromatic heterocycles. The Morgan fingerprint density at radius 1 is 1.12 bits per heavy atom. The molecule has 0 amide bonds. The highest BCUT2D eigenvalue weighted by Crippen LogP contribution is 2.26. The van der Waals surface area contributed by atoms with Crippen molar-refractivity contribution in [2.45, 2.75) is 18.9 Å². The maximum atomic E-state index is 6.27. The first-order chi connectivity index (χ1) is 15.2. The molecular formula is C24H32ClIN4O2. The van der Waals surface area contributed by atoms with Crippen molar-refractivity contribution in [3.63, 3.8) is 0 Å². The molecule has 6 nitrogen and oxygen atoms in total. The molecular weight excluding hydrogens is 539 g/mol. The largest absolute Gasteiger partial charge is 0.493 e. The van der Waals surface area contributed by atoms with Gasteiger partial charge in [0.15, 0.2) is 5.96 Å². The van der Waals surface area contributed by atoms with Crippen molar-refractivity contribution in [2.24, 2.45) is 4.99 Å². The second kappa shape index (κ2) is 12.6. The summed E-state index contributed by atoms with van der Waals surface area (Å²) in [6.07, 6.45) is 1.95. The number of aliphatic imine (C=N–C) groups is 1. The lowest BCUT2D eigenvalue weighted by molar-refractivity contribution is 0.0170. The summed E-state index contributed by atoms with van der Waals surface area (Å²) in [7, 11) is 1.81. The second-order valence-electron chi connectivity index (χ2n) is 7.89. The maximum absolute atomic E-state index is 6.27. The van der Waals surface area contributed by atoms with Crippen LogP contribution in [-0.4, -0.2) is 63.9 Å². The topological polar surface area (TPSA) is 58.1 Å². The van der Waals surface area contributed by atoms with Crippen LogP contribution in [0.15, 0.2) is 47.5 Å². The van der Waals surface area contributed by atoms with E-state index in [0.717, 1.165) is 75.6 Å². The van der Waals surface area contributed by atoms with Gasteiger partial charge in [-0.15, -0.1) is 24.0 Å². The molecule has 0 aliphatic carbocycles. The summed E-state index contributed by atoms with van der Waals surface area (Å²) >= 11 is 6.27. The fourth-order valence-electron chi connectivity index (χ4n) is 4.20. The molecule has 174 valence electrons. The molecule has 2 aromatic rings. The average Bonchev–Trinajstić information content (AvgIpc) is 3.27.